The van der Waals surface area contributed by atoms with Gasteiger partial charge in [0.2, 0.25) is 5.91 Å². The zero-order valence-corrected chi connectivity index (χ0v) is 23.6. The third-order valence-corrected chi connectivity index (χ3v) is 7.57. The second-order valence-corrected chi connectivity index (χ2v) is 11.1. The molecule has 0 radical (unpaired) electrons. The summed E-state index contributed by atoms with van der Waals surface area (Å²) < 4.78 is 20.0. The largest absolute Gasteiger partial charge is 0.481 e. The number of halogens is 2. The quantitative estimate of drug-likeness (QED) is 0.298. The minimum atomic E-state index is -0.860. The molecule has 1 aliphatic rings. The Hall–Kier alpha value is -2.64. The van der Waals surface area contributed by atoms with Crippen LogP contribution in [0.25, 0.3) is 0 Å². The van der Waals surface area contributed by atoms with Crippen LogP contribution in [0.5, 0.6) is 0 Å². The van der Waals surface area contributed by atoms with E-state index in [0.29, 0.717) is 24.1 Å². The van der Waals surface area contributed by atoms with Crippen LogP contribution in [-0.4, -0.2) is 42.8 Å². The Morgan fingerprint density at radius 3 is 2.45 bits per heavy atom. The number of benzene rings is 2. The first-order chi connectivity index (χ1) is 18.1. The summed E-state index contributed by atoms with van der Waals surface area (Å²) >= 11 is 5.87. The maximum atomic E-state index is 14.4. The molecule has 1 saturated carbocycles. The minimum absolute atomic E-state index is 0.00988. The fourth-order valence-electron chi connectivity index (χ4n) is 5.33. The van der Waals surface area contributed by atoms with Crippen molar-refractivity contribution in [2.75, 3.05) is 23.9 Å². The standard InChI is InChI=1S/C30H40ClFN2O4/c1-5-20(16-30(36)37)21-7-13-28(34(18-19(2)3)24-9-11-25(38-4)12-10-24)27(14-21)33-29(35)15-22-6-8-23(31)17-26(22)32/h6-8,13-14,17,19-20,24-25H,5,9-12,15-16,18H2,1-4H3,(H,33,35)(H,36,37). The third-order valence-electron chi connectivity index (χ3n) is 7.34. The van der Waals surface area contributed by atoms with E-state index in [1.807, 2.05) is 25.1 Å². The lowest BCUT2D eigenvalue weighted by Crippen LogP contribution is -2.42. The maximum Gasteiger partial charge on any atom is 0.303 e. The van der Waals surface area contributed by atoms with Gasteiger partial charge in [0.25, 0.3) is 0 Å². The van der Waals surface area contributed by atoms with Gasteiger partial charge in [-0.15, -0.1) is 0 Å². The molecule has 208 valence electrons. The summed E-state index contributed by atoms with van der Waals surface area (Å²) in [6, 6.07) is 10.5. The van der Waals surface area contributed by atoms with Crippen LogP contribution in [-0.2, 0) is 20.7 Å². The van der Waals surface area contributed by atoms with E-state index in [9.17, 15) is 19.1 Å². The lowest BCUT2D eigenvalue weighted by molar-refractivity contribution is -0.137. The number of hydrogen-bond acceptors (Lipinski definition) is 4. The summed E-state index contributed by atoms with van der Waals surface area (Å²) in [6.07, 6.45) is 4.71. The number of methoxy groups -OCH3 is 1. The summed E-state index contributed by atoms with van der Waals surface area (Å²) in [5.74, 6) is -1.52. The van der Waals surface area contributed by atoms with E-state index in [-0.39, 0.29) is 41.4 Å². The van der Waals surface area contributed by atoms with E-state index >= 15 is 0 Å². The van der Waals surface area contributed by atoms with Gasteiger partial charge < -0.3 is 20.1 Å². The molecule has 2 aromatic rings. The van der Waals surface area contributed by atoms with Gasteiger partial charge in [0.05, 0.1) is 30.3 Å². The molecule has 8 heteroatoms. The number of ether oxygens (including phenoxy) is 1. The molecule has 0 aliphatic heterocycles. The number of amides is 1. The van der Waals surface area contributed by atoms with Crippen LogP contribution in [0.2, 0.25) is 5.02 Å². The van der Waals surface area contributed by atoms with Gasteiger partial charge in [-0.25, -0.2) is 4.39 Å². The van der Waals surface area contributed by atoms with Crippen molar-refractivity contribution in [3.05, 3.63) is 58.4 Å². The molecule has 1 amide bonds. The fraction of sp³-hybridized carbons (Fsp3) is 0.533. The van der Waals surface area contributed by atoms with Gasteiger partial charge in [0.1, 0.15) is 5.82 Å². The lowest BCUT2D eigenvalue weighted by atomic mass is 9.89. The molecule has 1 atom stereocenters. The number of hydrogen-bond donors (Lipinski definition) is 2. The Kier molecular flexibility index (Phi) is 11.0. The summed E-state index contributed by atoms with van der Waals surface area (Å²) in [4.78, 5) is 27.0. The molecule has 38 heavy (non-hydrogen) atoms. The SMILES string of the molecule is CCC(CC(=O)O)c1ccc(N(CC(C)C)C2CCC(OC)CC2)c(NC(=O)Cc2ccc(Cl)cc2F)c1. The predicted molar refractivity (Wildman–Crippen MR) is 151 cm³/mol. The maximum absolute atomic E-state index is 14.4. The van der Waals surface area contributed by atoms with Crippen LogP contribution in [0.1, 0.15) is 76.3 Å². The number of carbonyl (C=O) groups is 2. The topological polar surface area (TPSA) is 78.9 Å². The number of rotatable bonds is 12. The number of carboxylic acids is 1. The van der Waals surface area contributed by atoms with Crippen molar-refractivity contribution in [3.63, 3.8) is 0 Å². The van der Waals surface area contributed by atoms with Crippen molar-refractivity contribution < 1.29 is 23.8 Å². The van der Waals surface area contributed by atoms with Crippen LogP contribution in [0.15, 0.2) is 36.4 Å². The first kappa shape index (κ1) is 29.9. The number of nitrogens with zero attached hydrogens (tertiary/aromatic N) is 1. The van der Waals surface area contributed by atoms with Crippen LogP contribution >= 0.6 is 11.6 Å². The van der Waals surface area contributed by atoms with Gasteiger partial charge in [-0.1, -0.05) is 44.5 Å². The number of nitrogens with one attached hydrogen (secondary N) is 1. The highest BCUT2D eigenvalue weighted by molar-refractivity contribution is 6.30. The smallest absolute Gasteiger partial charge is 0.303 e. The molecule has 1 fully saturated rings. The molecule has 1 unspecified atom stereocenters. The second-order valence-electron chi connectivity index (χ2n) is 10.7. The molecule has 1 aliphatic carbocycles. The number of carboxylic acid groups (broad SMARTS) is 1. The normalized spacial score (nSPS) is 18.3. The van der Waals surface area contributed by atoms with Crippen molar-refractivity contribution in [3.8, 4) is 0 Å². The van der Waals surface area contributed by atoms with Crippen molar-refractivity contribution >= 4 is 34.9 Å². The Labute approximate surface area is 230 Å². The van der Waals surface area contributed by atoms with E-state index in [0.717, 1.165) is 43.5 Å². The summed E-state index contributed by atoms with van der Waals surface area (Å²) in [6.45, 7) is 7.11. The Bertz CT molecular complexity index is 1100. The fourth-order valence-corrected chi connectivity index (χ4v) is 5.49. The zero-order valence-electron chi connectivity index (χ0n) is 22.8. The predicted octanol–water partition coefficient (Wildman–Crippen LogP) is 7.05. The monoisotopic (exact) mass is 546 g/mol. The van der Waals surface area contributed by atoms with Gasteiger partial charge in [-0.2, -0.15) is 0 Å². The van der Waals surface area contributed by atoms with Crippen LogP contribution in [0.4, 0.5) is 15.8 Å². The molecule has 3 rings (SSSR count). The highest BCUT2D eigenvalue weighted by Gasteiger charge is 2.29. The lowest BCUT2D eigenvalue weighted by Gasteiger charge is -2.40. The minimum Gasteiger partial charge on any atom is -0.481 e. The van der Waals surface area contributed by atoms with Gasteiger partial charge >= 0.3 is 5.97 Å². The van der Waals surface area contributed by atoms with E-state index < -0.39 is 11.8 Å². The average Bonchev–Trinajstić information content (AvgIpc) is 2.87. The molecule has 0 aromatic heterocycles. The summed E-state index contributed by atoms with van der Waals surface area (Å²) in [5, 5.41) is 12.7. The average molecular weight is 547 g/mol. The van der Waals surface area contributed by atoms with Crippen molar-refractivity contribution in [1.82, 2.24) is 0 Å². The van der Waals surface area contributed by atoms with E-state index in [1.54, 1.807) is 13.2 Å². The molecule has 0 spiro atoms. The summed E-state index contributed by atoms with van der Waals surface area (Å²) in [7, 11) is 1.76. The van der Waals surface area contributed by atoms with Gasteiger partial charge in [-0.05, 0) is 79.3 Å². The molecular formula is C30H40ClFN2O4. The van der Waals surface area contributed by atoms with Crippen LogP contribution < -0.4 is 10.2 Å². The molecule has 6 nitrogen and oxygen atoms in total. The highest BCUT2D eigenvalue weighted by Crippen LogP contribution is 2.37. The molecular weight excluding hydrogens is 507 g/mol. The van der Waals surface area contributed by atoms with Gasteiger partial charge in [0.15, 0.2) is 0 Å². The van der Waals surface area contributed by atoms with Gasteiger partial charge in [0, 0.05) is 24.7 Å². The van der Waals surface area contributed by atoms with Crippen molar-refractivity contribution in [1.29, 1.82) is 0 Å². The zero-order chi connectivity index (χ0) is 27.8. The van der Waals surface area contributed by atoms with Crippen LogP contribution in [0, 0.1) is 11.7 Å². The van der Waals surface area contributed by atoms with E-state index in [1.165, 1.54) is 12.1 Å². The molecule has 0 heterocycles. The van der Waals surface area contributed by atoms with Crippen molar-refractivity contribution in [2.24, 2.45) is 5.92 Å². The van der Waals surface area contributed by atoms with E-state index in [2.05, 4.69) is 24.1 Å². The van der Waals surface area contributed by atoms with Crippen LogP contribution in [0.3, 0.4) is 0 Å². The Morgan fingerprint density at radius 2 is 1.87 bits per heavy atom. The highest BCUT2D eigenvalue weighted by atomic mass is 35.5. The first-order valence-electron chi connectivity index (χ1n) is 13.5. The molecule has 2 N–H and O–H groups in total. The van der Waals surface area contributed by atoms with Gasteiger partial charge in [-0.3, -0.25) is 9.59 Å². The van der Waals surface area contributed by atoms with Crippen molar-refractivity contribution in [2.45, 2.75) is 83.8 Å². The molecule has 0 bridgehead atoms. The number of anilines is 2. The Balaban J connectivity index is 1.97. The Morgan fingerprint density at radius 1 is 1.16 bits per heavy atom. The first-order valence-corrected chi connectivity index (χ1v) is 13.9. The molecule has 0 saturated heterocycles. The molecule has 2 aromatic carbocycles. The second kappa shape index (κ2) is 13.9. The third kappa shape index (κ3) is 8.18. The number of carbonyl (C=O) groups excluding carboxylic acids is 1. The van der Waals surface area contributed by atoms with E-state index in [4.69, 9.17) is 16.3 Å². The summed E-state index contributed by atoms with van der Waals surface area (Å²) in [5.41, 5.74) is 2.65. The number of aliphatic carboxylic acids is 1.